The highest BCUT2D eigenvalue weighted by atomic mass is 16.2. The summed E-state index contributed by atoms with van der Waals surface area (Å²) in [6, 6.07) is 7.19. The molecule has 0 spiro atoms. The number of nitrogens with zero attached hydrogens (tertiary/aromatic N) is 2. The molecule has 0 bridgehead atoms. The molecule has 3 rings (SSSR count). The molecule has 1 atom stereocenters. The summed E-state index contributed by atoms with van der Waals surface area (Å²) in [7, 11) is 0. The molecule has 23 heavy (non-hydrogen) atoms. The minimum Gasteiger partial charge on any atom is -0.277 e. The van der Waals surface area contributed by atoms with Crippen LogP contribution in [0.1, 0.15) is 26.2 Å². The molecule has 1 aliphatic rings. The van der Waals surface area contributed by atoms with Gasteiger partial charge in [0.15, 0.2) is 0 Å². The van der Waals surface area contributed by atoms with Crippen LogP contribution in [0.15, 0.2) is 41.2 Å². The van der Waals surface area contributed by atoms with Crippen molar-refractivity contribution in [1.82, 2.24) is 15.0 Å². The lowest BCUT2D eigenvalue weighted by Crippen LogP contribution is -2.34. The van der Waals surface area contributed by atoms with Crippen molar-refractivity contribution < 1.29 is 4.79 Å². The van der Waals surface area contributed by atoms with Crippen molar-refractivity contribution in [1.29, 1.82) is 0 Å². The molecule has 1 heterocycles. The minimum atomic E-state index is -0.117. The van der Waals surface area contributed by atoms with Crippen molar-refractivity contribution in [3.05, 3.63) is 46.8 Å². The van der Waals surface area contributed by atoms with Crippen molar-refractivity contribution >= 4 is 22.8 Å². The molecular formula is C17H20N4O2. The number of hydrogen-bond acceptors (Lipinski definition) is 4. The van der Waals surface area contributed by atoms with Gasteiger partial charge in [-0.3, -0.25) is 25.0 Å². The number of carbonyl (C=O) groups excluding carboxylic acids is 1. The molecule has 120 valence electrons. The van der Waals surface area contributed by atoms with E-state index >= 15 is 0 Å². The number of hydrazine groups is 1. The molecule has 0 radical (unpaired) electrons. The fraction of sp³-hybridized carbons (Fsp3) is 0.353. The third-order valence-electron chi connectivity index (χ3n) is 4.05. The maximum absolute atomic E-state index is 12.5. The van der Waals surface area contributed by atoms with Crippen molar-refractivity contribution in [2.24, 2.45) is 5.92 Å². The van der Waals surface area contributed by atoms with Crippen molar-refractivity contribution in [2.45, 2.75) is 32.7 Å². The summed E-state index contributed by atoms with van der Waals surface area (Å²) in [5, 5.41) is 0.572. The molecule has 0 saturated heterocycles. The van der Waals surface area contributed by atoms with Gasteiger partial charge in [-0.05, 0) is 37.8 Å². The Hall–Kier alpha value is -2.63. The maximum Gasteiger partial charge on any atom is 0.262 e. The number of carbonyl (C=O) groups is 1. The summed E-state index contributed by atoms with van der Waals surface area (Å²) < 4.78 is 1.51. The number of nitrogens with one attached hydrogen (secondary N) is 2. The van der Waals surface area contributed by atoms with E-state index in [2.05, 4.69) is 28.0 Å². The Kier molecular flexibility index (Phi) is 4.41. The van der Waals surface area contributed by atoms with Gasteiger partial charge in [0.1, 0.15) is 0 Å². The number of hydrogen-bond donors (Lipinski definition) is 2. The molecule has 6 heteroatoms. The molecule has 6 nitrogen and oxygen atoms in total. The first-order chi connectivity index (χ1) is 11.2. The topological polar surface area (TPSA) is 76.0 Å². The Balaban J connectivity index is 1.77. The average Bonchev–Trinajstić information content (AvgIpc) is 3.06. The molecule has 2 N–H and O–H groups in total. The Bertz CT molecular complexity index is 810. The van der Waals surface area contributed by atoms with E-state index in [0.29, 0.717) is 35.7 Å². The molecule has 1 aromatic carbocycles. The molecule has 1 unspecified atom stereocenters. The van der Waals surface area contributed by atoms with Gasteiger partial charge in [-0.25, -0.2) is 4.98 Å². The Labute approximate surface area is 134 Å². The van der Waals surface area contributed by atoms with Gasteiger partial charge in [-0.15, -0.1) is 0 Å². The van der Waals surface area contributed by atoms with Gasteiger partial charge in [-0.2, -0.15) is 0 Å². The largest absolute Gasteiger partial charge is 0.277 e. The van der Waals surface area contributed by atoms with Crippen LogP contribution in [0.2, 0.25) is 0 Å². The van der Waals surface area contributed by atoms with Gasteiger partial charge in [0.05, 0.1) is 10.9 Å². The monoisotopic (exact) mass is 312 g/mol. The van der Waals surface area contributed by atoms with E-state index in [1.165, 1.54) is 4.57 Å². The number of anilines is 1. The van der Waals surface area contributed by atoms with Gasteiger partial charge < -0.3 is 0 Å². The zero-order valence-corrected chi connectivity index (χ0v) is 13.1. The van der Waals surface area contributed by atoms with Crippen LogP contribution in [-0.2, 0) is 11.3 Å². The number of fused-ring (bicyclic) bond motifs is 1. The minimum absolute atomic E-state index is 0.105. The van der Waals surface area contributed by atoms with Crippen LogP contribution in [0.3, 0.4) is 0 Å². The third kappa shape index (κ3) is 3.26. The first kappa shape index (κ1) is 15.3. The van der Waals surface area contributed by atoms with E-state index in [-0.39, 0.29) is 11.5 Å². The van der Waals surface area contributed by atoms with Gasteiger partial charge in [0.2, 0.25) is 11.9 Å². The number of aromatic nitrogens is 2. The highest BCUT2D eigenvalue weighted by Crippen LogP contribution is 2.20. The predicted octanol–water partition coefficient (Wildman–Crippen LogP) is 2.22. The highest BCUT2D eigenvalue weighted by Gasteiger charge is 2.15. The molecule has 1 aromatic heterocycles. The van der Waals surface area contributed by atoms with Crippen LogP contribution in [0.25, 0.3) is 10.9 Å². The summed E-state index contributed by atoms with van der Waals surface area (Å²) in [5.74, 6) is 0.549. The van der Waals surface area contributed by atoms with Gasteiger partial charge in [0, 0.05) is 13.0 Å². The zero-order chi connectivity index (χ0) is 16.2. The Morgan fingerprint density at radius 2 is 2.22 bits per heavy atom. The summed E-state index contributed by atoms with van der Waals surface area (Å²) in [4.78, 5) is 28.9. The van der Waals surface area contributed by atoms with E-state index in [4.69, 9.17) is 0 Å². The van der Waals surface area contributed by atoms with Crippen LogP contribution in [0.5, 0.6) is 0 Å². The second kappa shape index (κ2) is 6.64. The van der Waals surface area contributed by atoms with Crippen molar-refractivity contribution in [3.8, 4) is 0 Å². The lowest BCUT2D eigenvalue weighted by Gasteiger charge is -2.14. The number of benzene rings is 1. The van der Waals surface area contributed by atoms with Gasteiger partial charge in [-0.1, -0.05) is 24.3 Å². The average molecular weight is 312 g/mol. The molecule has 0 saturated carbocycles. The lowest BCUT2D eigenvalue weighted by molar-refractivity contribution is -0.121. The van der Waals surface area contributed by atoms with Crippen LogP contribution in [0.4, 0.5) is 5.95 Å². The zero-order valence-electron chi connectivity index (χ0n) is 13.1. The highest BCUT2D eigenvalue weighted by molar-refractivity contribution is 5.80. The molecular weight excluding hydrogens is 292 g/mol. The molecule has 1 amide bonds. The molecule has 0 fully saturated rings. The summed E-state index contributed by atoms with van der Waals surface area (Å²) in [5.41, 5.74) is 5.94. The normalized spacial score (nSPS) is 16.7. The lowest BCUT2D eigenvalue weighted by atomic mass is 10.1. The third-order valence-corrected chi connectivity index (χ3v) is 4.05. The van der Waals surface area contributed by atoms with E-state index in [1.807, 2.05) is 19.1 Å². The molecule has 2 aromatic rings. The van der Waals surface area contributed by atoms with Crippen LogP contribution >= 0.6 is 0 Å². The smallest absolute Gasteiger partial charge is 0.262 e. The molecule has 1 aliphatic carbocycles. The fourth-order valence-corrected chi connectivity index (χ4v) is 2.84. The number of allylic oxidation sites excluding steroid dienone is 2. The summed E-state index contributed by atoms with van der Waals surface area (Å²) >= 11 is 0. The summed E-state index contributed by atoms with van der Waals surface area (Å²) in [6.45, 7) is 2.34. The van der Waals surface area contributed by atoms with Crippen LogP contribution < -0.4 is 16.4 Å². The van der Waals surface area contributed by atoms with Gasteiger partial charge in [0.25, 0.3) is 5.56 Å². The standard InChI is InChI=1S/C17H20N4O2/c1-2-21-16(23)13-9-5-6-10-14(13)18-17(21)20-19-15(22)11-12-7-3-4-8-12/h3,5-7,9-10,12H,2,4,8,11H2,1H3,(H,18,20)(H,19,22). The first-order valence-electron chi connectivity index (χ1n) is 7.90. The summed E-state index contributed by atoms with van der Waals surface area (Å²) in [6.07, 6.45) is 6.67. The first-order valence-corrected chi connectivity index (χ1v) is 7.90. The van der Waals surface area contributed by atoms with E-state index in [9.17, 15) is 9.59 Å². The van der Waals surface area contributed by atoms with Gasteiger partial charge >= 0.3 is 0 Å². The van der Waals surface area contributed by atoms with E-state index < -0.39 is 0 Å². The Morgan fingerprint density at radius 1 is 1.39 bits per heavy atom. The second-order valence-electron chi connectivity index (χ2n) is 5.64. The molecule has 0 aliphatic heterocycles. The predicted molar refractivity (Wildman–Crippen MR) is 89.9 cm³/mol. The van der Waals surface area contributed by atoms with Crippen LogP contribution in [0, 0.1) is 5.92 Å². The quantitative estimate of drug-likeness (QED) is 0.655. The van der Waals surface area contributed by atoms with Crippen LogP contribution in [-0.4, -0.2) is 15.5 Å². The maximum atomic E-state index is 12.5. The van der Waals surface area contributed by atoms with Crippen molar-refractivity contribution in [3.63, 3.8) is 0 Å². The second-order valence-corrected chi connectivity index (χ2v) is 5.64. The number of para-hydroxylation sites is 1. The van der Waals surface area contributed by atoms with E-state index in [1.54, 1.807) is 12.1 Å². The SMILES string of the molecule is CCn1c(NNC(=O)CC2C=CCC2)nc2ccccc2c1=O. The van der Waals surface area contributed by atoms with E-state index in [0.717, 1.165) is 12.8 Å². The van der Waals surface area contributed by atoms with Crippen molar-refractivity contribution in [2.75, 3.05) is 5.43 Å². The number of amides is 1. The Morgan fingerprint density at radius 3 is 2.96 bits per heavy atom. The fourth-order valence-electron chi connectivity index (χ4n) is 2.84. The number of rotatable bonds is 5.